The van der Waals surface area contributed by atoms with E-state index in [9.17, 15) is 4.79 Å². The van der Waals surface area contributed by atoms with Gasteiger partial charge < -0.3 is 9.88 Å². The van der Waals surface area contributed by atoms with Gasteiger partial charge in [0.15, 0.2) is 0 Å². The maximum Gasteiger partial charge on any atom is 0.272 e. The fourth-order valence-corrected chi connectivity index (χ4v) is 2.50. The quantitative estimate of drug-likeness (QED) is 0.929. The molecule has 0 spiro atoms. The van der Waals surface area contributed by atoms with Crippen molar-refractivity contribution in [3.05, 3.63) is 47.8 Å². The number of carbonyl (C=O) groups is 1. The third-order valence-corrected chi connectivity index (χ3v) is 3.62. The van der Waals surface area contributed by atoms with Crippen molar-refractivity contribution < 1.29 is 4.79 Å². The molecule has 1 aliphatic heterocycles. The van der Waals surface area contributed by atoms with Crippen molar-refractivity contribution in [2.75, 3.05) is 0 Å². The Kier molecular flexibility index (Phi) is 3.50. The van der Waals surface area contributed by atoms with Crippen LogP contribution in [0.15, 0.2) is 30.6 Å². The van der Waals surface area contributed by atoms with Crippen LogP contribution >= 0.6 is 0 Å². The maximum absolute atomic E-state index is 12.2. The van der Waals surface area contributed by atoms with Crippen molar-refractivity contribution in [3.63, 3.8) is 0 Å². The van der Waals surface area contributed by atoms with Crippen LogP contribution in [0.3, 0.4) is 0 Å². The van der Waals surface area contributed by atoms with Gasteiger partial charge >= 0.3 is 0 Å². The van der Waals surface area contributed by atoms with Crippen LogP contribution in [-0.2, 0) is 13.0 Å². The Morgan fingerprint density at radius 3 is 3.05 bits per heavy atom. The first kappa shape index (κ1) is 12.8. The van der Waals surface area contributed by atoms with E-state index in [2.05, 4.69) is 19.9 Å². The molecule has 1 N–H and O–H groups in total. The molecule has 104 valence electrons. The molecule has 20 heavy (non-hydrogen) atoms. The van der Waals surface area contributed by atoms with Gasteiger partial charge in [0.2, 0.25) is 0 Å². The summed E-state index contributed by atoms with van der Waals surface area (Å²) in [4.78, 5) is 20.9. The van der Waals surface area contributed by atoms with Crippen molar-refractivity contribution in [3.8, 4) is 0 Å². The van der Waals surface area contributed by atoms with Gasteiger partial charge in [-0.2, -0.15) is 0 Å². The molecule has 2 aromatic rings. The lowest BCUT2D eigenvalue weighted by molar-refractivity contribution is 0.0934. The molecule has 5 nitrogen and oxygen atoms in total. The summed E-state index contributed by atoms with van der Waals surface area (Å²) < 4.78 is 2.09. The molecule has 0 aliphatic carbocycles. The first-order chi connectivity index (χ1) is 9.74. The highest BCUT2D eigenvalue weighted by molar-refractivity contribution is 5.92. The molecular weight excluding hydrogens is 252 g/mol. The zero-order valence-electron chi connectivity index (χ0n) is 11.5. The highest BCUT2D eigenvalue weighted by Gasteiger charge is 2.18. The number of fused-ring (bicyclic) bond motifs is 1. The Hall–Kier alpha value is -2.17. The maximum atomic E-state index is 12.2. The number of amides is 1. The number of rotatable bonds is 3. The van der Waals surface area contributed by atoms with Crippen LogP contribution < -0.4 is 5.32 Å². The number of pyridine rings is 1. The molecule has 0 aromatic carbocycles. The zero-order chi connectivity index (χ0) is 13.9. The summed E-state index contributed by atoms with van der Waals surface area (Å²) in [6.45, 7) is 2.89. The van der Waals surface area contributed by atoms with Gasteiger partial charge in [-0.25, -0.2) is 4.98 Å². The molecule has 1 amide bonds. The monoisotopic (exact) mass is 270 g/mol. The fourth-order valence-electron chi connectivity index (χ4n) is 2.50. The Balaban J connectivity index is 1.71. The second kappa shape index (κ2) is 5.45. The van der Waals surface area contributed by atoms with E-state index in [1.54, 1.807) is 6.20 Å². The number of carbonyl (C=O) groups excluding carboxylic acids is 1. The molecule has 0 unspecified atom stereocenters. The number of aryl methyl sites for hydroxylation is 2. The van der Waals surface area contributed by atoms with Gasteiger partial charge in [0.1, 0.15) is 11.5 Å². The topological polar surface area (TPSA) is 59.8 Å². The van der Waals surface area contributed by atoms with E-state index in [1.807, 2.05) is 31.3 Å². The van der Waals surface area contributed by atoms with Crippen molar-refractivity contribution in [1.82, 2.24) is 19.9 Å². The van der Waals surface area contributed by atoms with Crippen LogP contribution in [0.1, 0.15) is 47.8 Å². The largest absolute Gasteiger partial charge is 0.343 e. The van der Waals surface area contributed by atoms with Crippen LogP contribution in [-0.4, -0.2) is 20.4 Å². The number of imidazole rings is 1. The predicted molar refractivity (Wildman–Crippen MR) is 75.3 cm³/mol. The van der Waals surface area contributed by atoms with E-state index in [1.165, 1.54) is 0 Å². The summed E-state index contributed by atoms with van der Waals surface area (Å²) in [7, 11) is 0. The van der Waals surface area contributed by atoms with Crippen LogP contribution in [0.25, 0.3) is 0 Å². The Morgan fingerprint density at radius 1 is 1.40 bits per heavy atom. The highest BCUT2D eigenvalue weighted by Crippen LogP contribution is 2.15. The molecule has 1 atom stereocenters. The Labute approximate surface area is 118 Å². The summed E-state index contributed by atoms with van der Waals surface area (Å²) in [5.74, 6) is 0.886. The van der Waals surface area contributed by atoms with E-state index in [-0.39, 0.29) is 11.9 Å². The van der Waals surface area contributed by atoms with Gasteiger partial charge in [-0.05, 0) is 31.9 Å². The van der Waals surface area contributed by atoms with Gasteiger partial charge in [-0.15, -0.1) is 0 Å². The molecule has 3 heterocycles. The van der Waals surface area contributed by atoms with Crippen molar-refractivity contribution >= 4 is 5.91 Å². The summed E-state index contributed by atoms with van der Waals surface area (Å²) >= 11 is 0. The molecule has 5 heteroatoms. The summed E-state index contributed by atoms with van der Waals surface area (Å²) in [6.07, 6.45) is 6.86. The third-order valence-electron chi connectivity index (χ3n) is 3.62. The van der Waals surface area contributed by atoms with Gasteiger partial charge in [0.05, 0.1) is 11.7 Å². The number of nitrogens with one attached hydrogen (secondary N) is 1. The van der Waals surface area contributed by atoms with Crippen LogP contribution in [0, 0.1) is 0 Å². The van der Waals surface area contributed by atoms with E-state index < -0.39 is 0 Å². The zero-order valence-corrected chi connectivity index (χ0v) is 11.5. The van der Waals surface area contributed by atoms with Crippen molar-refractivity contribution in [1.29, 1.82) is 0 Å². The van der Waals surface area contributed by atoms with Crippen LogP contribution in [0.2, 0.25) is 0 Å². The minimum Gasteiger partial charge on any atom is -0.343 e. The first-order valence-electron chi connectivity index (χ1n) is 7.02. The molecule has 0 saturated heterocycles. The predicted octanol–water partition coefficient (Wildman–Crippen LogP) is 2.11. The molecule has 3 rings (SSSR count). The lowest BCUT2D eigenvalue weighted by Gasteiger charge is -2.12. The molecule has 2 aromatic heterocycles. The number of hydrogen-bond acceptors (Lipinski definition) is 3. The second-order valence-corrected chi connectivity index (χ2v) is 5.14. The smallest absolute Gasteiger partial charge is 0.272 e. The van der Waals surface area contributed by atoms with Gasteiger partial charge in [0, 0.05) is 25.4 Å². The van der Waals surface area contributed by atoms with Crippen molar-refractivity contribution in [2.45, 2.75) is 38.8 Å². The van der Waals surface area contributed by atoms with Crippen molar-refractivity contribution in [2.24, 2.45) is 0 Å². The molecule has 0 radical (unpaired) electrons. The molecule has 1 aliphatic rings. The molecule has 0 fully saturated rings. The third kappa shape index (κ3) is 2.57. The summed E-state index contributed by atoms with van der Waals surface area (Å²) in [5.41, 5.74) is 1.36. The van der Waals surface area contributed by atoms with E-state index in [0.717, 1.165) is 37.3 Å². The summed E-state index contributed by atoms with van der Waals surface area (Å²) in [6, 6.07) is 5.56. The average Bonchev–Trinajstić information content (AvgIpc) is 2.92. The average molecular weight is 270 g/mol. The first-order valence-corrected chi connectivity index (χ1v) is 7.02. The standard InChI is InChI=1S/C15H18N4O/c1-11(12-6-2-4-8-16-12)17-15(20)13-10-19-9-5-3-7-14(19)18-13/h2,4,6,8,10-11H,3,5,7,9H2,1H3,(H,17,20)/t11-/m0/s1. The van der Waals surface area contributed by atoms with Gasteiger partial charge in [0.25, 0.3) is 5.91 Å². The van der Waals surface area contributed by atoms with Gasteiger partial charge in [-0.1, -0.05) is 6.07 Å². The van der Waals surface area contributed by atoms with E-state index >= 15 is 0 Å². The van der Waals surface area contributed by atoms with E-state index in [4.69, 9.17) is 0 Å². The summed E-state index contributed by atoms with van der Waals surface area (Å²) in [5, 5.41) is 2.94. The van der Waals surface area contributed by atoms with Crippen LogP contribution in [0.5, 0.6) is 0 Å². The number of aromatic nitrogens is 3. The lowest BCUT2D eigenvalue weighted by Crippen LogP contribution is -2.27. The number of nitrogens with zero attached hydrogens (tertiary/aromatic N) is 3. The molecule has 0 saturated carbocycles. The van der Waals surface area contributed by atoms with E-state index in [0.29, 0.717) is 5.69 Å². The minimum atomic E-state index is -0.134. The minimum absolute atomic E-state index is 0.123. The SMILES string of the molecule is C[C@H](NC(=O)c1cn2c(n1)CCCC2)c1ccccn1. The second-order valence-electron chi connectivity index (χ2n) is 5.14. The highest BCUT2D eigenvalue weighted by atomic mass is 16.2. The number of hydrogen-bond donors (Lipinski definition) is 1. The van der Waals surface area contributed by atoms with Crippen LogP contribution in [0.4, 0.5) is 0 Å². The lowest BCUT2D eigenvalue weighted by atomic mass is 10.2. The molecule has 0 bridgehead atoms. The fraction of sp³-hybridized carbons (Fsp3) is 0.400. The Bertz CT molecular complexity index is 582. The normalized spacial score (nSPS) is 15.4. The molecular formula is C15H18N4O. The van der Waals surface area contributed by atoms with Gasteiger partial charge in [-0.3, -0.25) is 9.78 Å². The Morgan fingerprint density at radius 2 is 2.30 bits per heavy atom.